The van der Waals surface area contributed by atoms with Crippen LogP contribution in [0.3, 0.4) is 0 Å². The molecular weight excluding hydrogens is 464 g/mol. The van der Waals surface area contributed by atoms with Gasteiger partial charge >= 0.3 is 5.97 Å². The SMILES string of the molecule is CC(=O)O[C@@H]1C[C@@H]2[C@@]3(C)CCC(=O)C(C)(C)[C@@H]3CC[C@@]2(C)[C@]2(C)CC[C@H]([C@]3(C)CC[C@H](C(C)(C)O)O3)[C@@H]12. The van der Waals surface area contributed by atoms with Crippen LogP contribution in [0, 0.1) is 45.3 Å². The van der Waals surface area contributed by atoms with Crippen molar-refractivity contribution in [1.29, 1.82) is 0 Å². The maximum absolute atomic E-state index is 13.0. The first-order chi connectivity index (χ1) is 16.9. The van der Waals surface area contributed by atoms with E-state index in [2.05, 4.69) is 41.5 Å². The molecular formula is C32H52O5. The minimum absolute atomic E-state index is 0.0273. The molecule has 1 heterocycles. The molecule has 10 atom stereocenters. The zero-order valence-corrected chi connectivity index (χ0v) is 24.9. The lowest BCUT2D eigenvalue weighted by molar-refractivity contribution is -0.240. The summed E-state index contributed by atoms with van der Waals surface area (Å²) in [5, 5.41) is 10.7. The van der Waals surface area contributed by atoms with Crippen LogP contribution in [0.4, 0.5) is 0 Å². The lowest BCUT2D eigenvalue weighted by Crippen LogP contribution is -2.66. The molecule has 37 heavy (non-hydrogen) atoms. The van der Waals surface area contributed by atoms with Crippen LogP contribution >= 0.6 is 0 Å². The van der Waals surface area contributed by atoms with Crippen molar-refractivity contribution < 1.29 is 24.2 Å². The Bertz CT molecular complexity index is 965. The van der Waals surface area contributed by atoms with Gasteiger partial charge in [0, 0.05) is 24.7 Å². The van der Waals surface area contributed by atoms with Gasteiger partial charge in [0.05, 0.1) is 17.3 Å². The highest BCUT2D eigenvalue weighted by molar-refractivity contribution is 5.85. The van der Waals surface area contributed by atoms with Gasteiger partial charge in [0.25, 0.3) is 0 Å². The van der Waals surface area contributed by atoms with E-state index in [0.717, 1.165) is 51.4 Å². The molecule has 0 spiro atoms. The standard InChI is InChI=1S/C32H52O5/c1-19(33)36-21-18-23-29(6)14-12-24(34)27(2,3)22(29)11-16-30(23,7)31(8)15-10-20(26(21)31)32(9)17-13-25(37-32)28(4,5)35/h20-23,25-26,35H,10-18H2,1-9H3/t20-,21+,22-,23+,25+,26-,29-,30+,31+,32-/m0/s1. The molecule has 210 valence electrons. The molecule has 0 unspecified atom stereocenters. The maximum atomic E-state index is 13.0. The van der Waals surface area contributed by atoms with Crippen LogP contribution in [0.25, 0.3) is 0 Å². The first-order valence-corrected chi connectivity index (χ1v) is 15.0. The van der Waals surface area contributed by atoms with E-state index in [-0.39, 0.29) is 51.4 Å². The second-order valence-electron chi connectivity index (χ2n) is 15.8. The third kappa shape index (κ3) is 3.75. The van der Waals surface area contributed by atoms with Crippen LogP contribution in [-0.4, -0.2) is 40.3 Å². The van der Waals surface area contributed by atoms with Gasteiger partial charge < -0.3 is 14.6 Å². The summed E-state index contributed by atoms with van der Waals surface area (Å²) in [5.74, 6) is 1.55. The second-order valence-corrected chi connectivity index (χ2v) is 15.8. The van der Waals surface area contributed by atoms with Crippen molar-refractivity contribution in [2.45, 2.75) is 144 Å². The summed E-state index contributed by atoms with van der Waals surface area (Å²) < 4.78 is 13.0. The lowest BCUT2D eigenvalue weighted by atomic mass is 9.35. The van der Waals surface area contributed by atoms with Crippen molar-refractivity contribution in [3.63, 3.8) is 0 Å². The van der Waals surface area contributed by atoms with E-state index in [1.54, 1.807) is 6.92 Å². The predicted molar refractivity (Wildman–Crippen MR) is 144 cm³/mol. The van der Waals surface area contributed by atoms with E-state index in [1.807, 2.05) is 13.8 Å². The molecule has 0 aromatic heterocycles. The Kier molecular flexibility index (Phi) is 6.19. The predicted octanol–water partition coefficient (Wildman–Crippen LogP) is 6.49. The highest BCUT2D eigenvalue weighted by Crippen LogP contribution is 2.76. The van der Waals surface area contributed by atoms with Crippen LogP contribution in [0.2, 0.25) is 0 Å². The Balaban J connectivity index is 1.55. The highest BCUT2D eigenvalue weighted by Gasteiger charge is 2.72. The summed E-state index contributed by atoms with van der Waals surface area (Å²) in [5.41, 5.74) is -1.27. The molecule has 1 saturated heterocycles. The summed E-state index contributed by atoms with van der Waals surface area (Å²) in [6, 6.07) is 0. The first kappa shape index (κ1) is 27.6. The van der Waals surface area contributed by atoms with E-state index >= 15 is 0 Å². The van der Waals surface area contributed by atoms with Crippen LogP contribution in [-0.2, 0) is 19.1 Å². The number of aliphatic hydroxyl groups is 1. The molecule has 1 aliphatic heterocycles. The van der Waals surface area contributed by atoms with Gasteiger partial charge in [0.15, 0.2) is 0 Å². The third-order valence-electron chi connectivity index (χ3n) is 13.3. The number of carbonyl (C=O) groups excluding carboxylic acids is 2. The number of carbonyl (C=O) groups is 2. The summed E-state index contributed by atoms with van der Waals surface area (Å²) >= 11 is 0. The van der Waals surface area contributed by atoms with E-state index in [1.165, 1.54) is 0 Å². The molecule has 5 heteroatoms. The van der Waals surface area contributed by atoms with Gasteiger partial charge in [-0.2, -0.15) is 0 Å². The smallest absolute Gasteiger partial charge is 0.302 e. The Hall–Kier alpha value is -0.940. The monoisotopic (exact) mass is 516 g/mol. The summed E-state index contributed by atoms with van der Waals surface area (Å²) in [6.07, 6.45) is 8.40. The highest BCUT2D eigenvalue weighted by atomic mass is 16.5. The minimum Gasteiger partial charge on any atom is -0.462 e. The molecule has 5 fully saturated rings. The summed E-state index contributed by atoms with van der Waals surface area (Å²) in [4.78, 5) is 25.5. The van der Waals surface area contributed by atoms with Crippen molar-refractivity contribution in [2.75, 3.05) is 0 Å². The first-order valence-electron chi connectivity index (χ1n) is 15.0. The van der Waals surface area contributed by atoms with Gasteiger partial charge in [-0.05, 0) is 106 Å². The quantitative estimate of drug-likeness (QED) is 0.434. The van der Waals surface area contributed by atoms with Gasteiger partial charge in [0.2, 0.25) is 0 Å². The summed E-state index contributed by atoms with van der Waals surface area (Å²) in [7, 11) is 0. The van der Waals surface area contributed by atoms with Gasteiger partial charge in [-0.15, -0.1) is 0 Å². The normalized spacial score (nSPS) is 51.2. The number of fused-ring (bicyclic) bond motifs is 5. The molecule has 0 amide bonds. The van der Waals surface area contributed by atoms with Crippen molar-refractivity contribution in [3.8, 4) is 0 Å². The summed E-state index contributed by atoms with van der Waals surface area (Å²) in [6.45, 7) is 19.4. The van der Waals surface area contributed by atoms with Crippen LogP contribution in [0.5, 0.6) is 0 Å². The number of esters is 1. The minimum atomic E-state index is -0.864. The number of hydrogen-bond donors (Lipinski definition) is 1. The molecule has 0 aromatic carbocycles. The van der Waals surface area contributed by atoms with Crippen molar-refractivity contribution in [2.24, 2.45) is 45.3 Å². The fraction of sp³-hybridized carbons (Fsp3) is 0.938. The van der Waals surface area contributed by atoms with Gasteiger partial charge in [-0.1, -0.05) is 34.6 Å². The van der Waals surface area contributed by atoms with Crippen molar-refractivity contribution in [3.05, 3.63) is 0 Å². The Morgan fingerprint density at radius 3 is 2.19 bits per heavy atom. The van der Waals surface area contributed by atoms with Crippen LogP contribution < -0.4 is 0 Å². The van der Waals surface area contributed by atoms with E-state index in [0.29, 0.717) is 30.0 Å². The Morgan fingerprint density at radius 1 is 0.946 bits per heavy atom. The average molecular weight is 517 g/mol. The topological polar surface area (TPSA) is 72.8 Å². The van der Waals surface area contributed by atoms with Crippen molar-refractivity contribution in [1.82, 2.24) is 0 Å². The van der Waals surface area contributed by atoms with Gasteiger partial charge in [0.1, 0.15) is 11.9 Å². The van der Waals surface area contributed by atoms with Crippen LogP contribution in [0.1, 0.15) is 120 Å². The molecule has 1 N–H and O–H groups in total. The number of hydrogen-bond acceptors (Lipinski definition) is 5. The lowest BCUT2D eigenvalue weighted by Gasteiger charge is -2.70. The molecule has 5 nitrogen and oxygen atoms in total. The molecule has 4 aliphatic carbocycles. The van der Waals surface area contributed by atoms with Gasteiger partial charge in [-0.3, -0.25) is 9.59 Å². The second kappa shape index (κ2) is 8.29. The van der Waals surface area contributed by atoms with E-state index in [9.17, 15) is 14.7 Å². The van der Waals surface area contributed by atoms with E-state index in [4.69, 9.17) is 9.47 Å². The third-order valence-corrected chi connectivity index (χ3v) is 13.3. The number of ketones is 1. The number of rotatable bonds is 3. The van der Waals surface area contributed by atoms with Crippen LogP contribution in [0.15, 0.2) is 0 Å². The molecule has 4 saturated carbocycles. The maximum Gasteiger partial charge on any atom is 0.302 e. The largest absolute Gasteiger partial charge is 0.462 e. The van der Waals surface area contributed by atoms with Gasteiger partial charge in [-0.25, -0.2) is 0 Å². The fourth-order valence-corrected chi connectivity index (χ4v) is 11.2. The molecule has 5 rings (SSSR count). The molecule has 0 radical (unpaired) electrons. The molecule has 5 aliphatic rings. The Morgan fingerprint density at radius 2 is 1.59 bits per heavy atom. The fourth-order valence-electron chi connectivity index (χ4n) is 11.2. The number of Topliss-reactive ketones (excluding diaryl/α,β-unsaturated/α-hetero) is 1. The van der Waals surface area contributed by atoms with Crippen molar-refractivity contribution >= 4 is 11.8 Å². The zero-order valence-electron chi connectivity index (χ0n) is 24.9. The zero-order chi connectivity index (χ0) is 27.4. The molecule has 0 aromatic rings. The number of ether oxygens (including phenoxy) is 2. The average Bonchev–Trinajstić information content (AvgIpc) is 3.35. The Labute approximate surface area is 224 Å². The van der Waals surface area contributed by atoms with E-state index < -0.39 is 5.60 Å². The molecule has 0 bridgehead atoms.